The van der Waals surface area contributed by atoms with E-state index in [0.717, 1.165) is 10.5 Å². The van der Waals surface area contributed by atoms with Crippen molar-refractivity contribution < 1.29 is 24.3 Å². The van der Waals surface area contributed by atoms with Gasteiger partial charge in [0, 0.05) is 23.4 Å². The van der Waals surface area contributed by atoms with Crippen LogP contribution in [0, 0.1) is 24.7 Å². The SMILES string of the molecule is Cc1ccc(N2C(=O)C3CC=C4C(CC5(Cl)C(=O)N(C)C(=O)C5(Cl)C4c4ccc(O)c5ccccc45)C3C2=O)cc1Cl. The van der Waals surface area contributed by atoms with Gasteiger partial charge in [0.05, 0.1) is 17.5 Å². The topological polar surface area (TPSA) is 95.0 Å². The van der Waals surface area contributed by atoms with Crippen LogP contribution in [0.3, 0.4) is 0 Å². The second-order valence-corrected chi connectivity index (χ2v) is 13.3. The molecule has 3 fully saturated rings. The summed E-state index contributed by atoms with van der Waals surface area (Å²) >= 11 is 20.9. The monoisotopic (exact) mass is 622 g/mol. The number of benzene rings is 3. The van der Waals surface area contributed by atoms with E-state index in [1.807, 2.05) is 25.1 Å². The minimum Gasteiger partial charge on any atom is -0.507 e. The Kier molecular flexibility index (Phi) is 5.92. The highest BCUT2D eigenvalue weighted by Gasteiger charge is 2.76. The smallest absolute Gasteiger partial charge is 0.253 e. The van der Waals surface area contributed by atoms with Crippen molar-refractivity contribution in [1.82, 2.24) is 4.90 Å². The molecule has 0 aromatic heterocycles. The quantitative estimate of drug-likeness (QED) is 0.225. The molecule has 214 valence electrons. The summed E-state index contributed by atoms with van der Waals surface area (Å²) in [6.45, 7) is 1.83. The molecule has 7 rings (SSSR count). The van der Waals surface area contributed by atoms with Crippen LogP contribution in [0.2, 0.25) is 5.02 Å². The number of halogens is 3. The van der Waals surface area contributed by atoms with Gasteiger partial charge in [-0.05, 0) is 60.4 Å². The number of hydrogen-bond acceptors (Lipinski definition) is 5. The number of aromatic hydroxyl groups is 1. The van der Waals surface area contributed by atoms with Gasteiger partial charge in [-0.3, -0.25) is 24.1 Å². The van der Waals surface area contributed by atoms with Crippen LogP contribution in [0.1, 0.15) is 29.9 Å². The van der Waals surface area contributed by atoms with Crippen LogP contribution in [-0.4, -0.2) is 50.4 Å². The zero-order chi connectivity index (χ0) is 29.9. The highest BCUT2D eigenvalue weighted by Crippen LogP contribution is 2.66. The average molecular weight is 624 g/mol. The van der Waals surface area contributed by atoms with Crippen LogP contribution in [-0.2, 0) is 19.2 Å². The normalized spacial score (nSPS) is 32.3. The molecule has 2 aliphatic heterocycles. The van der Waals surface area contributed by atoms with Crippen LogP contribution in [0.15, 0.2) is 66.2 Å². The van der Waals surface area contributed by atoms with Gasteiger partial charge in [-0.15, -0.1) is 23.2 Å². The van der Waals surface area contributed by atoms with E-state index in [1.165, 1.54) is 18.0 Å². The number of aryl methyl sites for hydroxylation is 1. The van der Waals surface area contributed by atoms with Gasteiger partial charge in [0.25, 0.3) is 11.8 Å². The van der Waals surface area contributed by atoms with E-state index in [2.05, 4.69) is 0 Å². The molecule has 7 nitrogen and oxygen atoms in total. The molecule has 0 bridgehead atoms. The summed E-state index contributed by atoms with van der Waals surface area (Å²) in [7, 11) is 1.36. The van der Waals surface area contributed by atoms with Crippen molar-refractivity contribution in [2.75, 3.05) is 11.9 Å². The van der Waals surface area contributed by atoms with Crippen molar-refractivity contribution in [3.05, 3.63) is 82.4 Å². The van der Waals surface area contributed by atoms with E-state index < -0.39 is 51.1 Å². The number of carbonyl (C=O) groups is 4. The van der Waals surface area contributed by atoms with Crippen molar-refractivity contribution in [3.8, 4) is 5.75 Å². The van der Waals surface area contributed by atoms with Gasteiger partial charge in [0.1, 0.15) is 5.75 Å². The summed E-state index contributed by atoms with van der Waals surface area (Å²) in [6.07, 6.45) is 2.06. The maximum atomic E-state index is 14.2. The van der Waals surface area contributed by atoms with Crippen molar-refractivity contribution in [1.29, 1.82) is 0 Å². The number of rotatable bonds is 2. The minimum atomic E-state index is -1.90. The highest BCUT2D eigenvalue weighted by atomic mass is 35.5. The Morgan fingerprint density at radius 2 is 1.62 bits per heavy atom. The number of alkyl halides is 2. The van der Waals surface area contributed by atoms with E-state index in [9.17, 15) is 24.3 Å². The predicted octanol–water partition coefficient (Wildman–Crippen LogP) is 5.70. The Balaban J connectivity index is 1.43. The van der Waals surface area contributed by atoms with Gasteiger partial charge in [-0.1, -0.05) is 59.6 Å². The number of hydrogen-bond donors (Lipinski definition) is 1. The molecule has 4 amide bonds. The van der Waals surface area contributed by atoms with Gasteiger partial charge in [-0.2, -0.15) is 0 Å². The number of allylic oxidation sites excluding steroid dienone is 2. The number of likely N-dealkylation sites (tertiary alicyclic amines) is 1. The van der Waals surface area contributed by atoms with Crippen molar-refractivity contribution in [3.63, 3.8) is 0 Å². The molecular formula is C32H25Cl3N2O5. The zero-order valence-corrected chi connectivity index (χ0v) is 24.9. The minimum absolute atomic E-state index is 0.0510. The summed E-state index contributed by atoms with van der Waals surface area (Å²) in [5.74, 6) is -4.99. The van der Waals surface area contributed by atoms with E-state index in [1.54, 1.807) is 36.4 Å². The Morgan fingerprint density at radius 3 is 2.33 bits per heavy atom. The van der Waals surface area contributed by atoms with Crippen LogP contribution < -0.4 is 4.90 Å². The lowest BCUT2D eigenvalue weighted by Crippen LogP contribution is -2.60. The average Bonchev–Trinajstić information content (AvgIpc) is 3.30. The van der Waals surface area contributed by atoms with Crippen LogP contribution in [0.5, 0.6) is 5.75 Å². The van der Waals surface area contributed by atoms with Gasteiger partial charge >= 0.3 is 0 Å². The highest BCUT2D eigenvalue weighted by molar-refractivity contribution is 6.53. The largest absolute Gasteiger partial charge is 0.507 e. The molecule has 1 N–H and O–H groups in total. The Bertz CT molecular complexity index is 1810. The first-order valence-corrected chi connectivity index (χ1v) is 14.8. The van der Waals surface area contributed by atoms with Gasteiger partial charge in [-0.25, -0.2) is 4.90 Å². The molecule has 2 saturated heterocycles. The number of phenols is 1. The molecule has 6 atom stereocenters. The molecule has 2 aliphatic carbocycles. The second kappa shape index (κ2) is 9.06. The molecule has 6 unspecified atom stereocenters. The fourth-order valence-electron chi connectivity index (χ4n) is 7.62. The Labute approximate surface area is 256 Å². The number of anilines is 1. The van der Waals surface area contributed by atoms with E-state index in [4.69, 9.17) is 34.8 Å². The number of fused-ring (bicyclic) bond motifs is 5. The summed E-state index contributed by atoms with van der Waals surface area (Å²) in [6, 6.07) is 15.4. The van der Waals surface area contributed by atoms with Gasteiger partial charge in [0.15, 0.2) is 9.75 Å². The lowest BCUT2D eigenvalue weighted by molar-refractivity contribution is -0.138. The number of imide groups is 2. The van der Waals surface area contributed by atoms with Crippen LogP contribution in [0.4, 0.5) is 5.69 Å². The van der Waals surface area contributed by atoms with E-state index in [0.29, 0.717) is 32.6 Å². The fraction of sp³-hybridized carbons (Fsp3) is 0.312. The third-order valence-electron chi connectivity index (χ3n) is 9.67. The molecule has 42 heavy (non-hydrogen) atoms. The standard InChI is InChI=1S/C32H25Cl3N2O5/c1-15-7-8-16(13-23(15)33)37-27(39)21-10-9-20-22(25(21)28(37)40)14-31(34)29(41)36(2)30(42)32(31,35)26(20)19-11-12-24(38)18-6-4-3-5-17(18)19/h3-9,11-13,21-22,25-26,38H,10,14H2,1-2H3. The Hall–Kier alpha value is -3.39. The third kappa shape index (κ3) is 3.30. The summed E-state index contributed by atoms with van der Waals surface area (Å²) in [4.78, 5) is 53.8. The summed E-state index contributed by atoms with van der Waals surface area (Å²) in [5, 5.41) is 12.3. The van der Waals surface area contributed by atoms with Crippen LogP contribution >= 0.6 is 34.8 Å². The van der Waals surface area contributed by atoms with E-state index >= 15 is 0 Å². The molecule has 2 heterocycles. The zero-order valence-electron chi connectivity index (χ0n) is 22.6. The van der Waals surface area contributed by atoms with Gasteiger partial charge in [0.2, 0.25) is 11.8 Å². The number of nitrogens with zero attached hydrogens (tertiary/aromatic N) is 2. The number of phenolic OH excluding ortho intramolecular Hbond substituents is 1. The second-order valence-electron chi connectivity index (χ2n) is 11.7. The van der Waals surface area contributed by atoms with Crippen molar-refractivity contribution in [2.45, 2.75) is 35.4 Å². The third-order valence-corrected chi connectivity index (χ3v) is 11.5. The van der Waals surface area contributed by atoms with Crippen molar-refractivity contribution >= 4 is 74.9 Å². The Morgan fingerprint density at radius 1 is 0.905 bits per heavy atom. The first kappa shape index (κ1) is 27.4. The van der Waals surface area contributed by atoms with Crippen molar-refractivity contribution in [2.24, 2.45) is 17.8 Å². The first-order chi connectivity index (χ1) is 19.9. The number of amides is 4. The molecule has 1 saturated carbocycles. The number of carbonyl (C=O) groups excluding carboxylic acids is 4. The first-order valence-electron chi connectivity index (χ1n) is 13.7. The summed E-state index contributed by atoms with van der Waals surface area (Å²) < 4.78 is 0. The molecule has 3 aromatic rings. The molecule has 3 aromatic carbocycles. The van der Waals surface area contributed by atoms with Crippen LogP contribution in [0.25, 0.3) is 10.8 Å². The lowest BCUT2D eigenvalue weighted by Gasteiger charge is -2.51. The molecule has 0 radical (unpaired) electrons. The van der Waals surface area contributed by atoms with E-state index in [-0.39, 0.29) is 24.5 Å². The fourth-order valence-corrected chi connectivity index (χ4v) is 8.81. The molecule has 0 spiro atoms. The maximum absolute atomic E-state index is 14.2. The molecule has 4 aliphatic rings. The summed E-state index contributed by atoms with van der Waals surface area (Å²) in [5.41, 5.74) is 2.49. The predicted molar refractivity (Wildman–Crippen MR) is 160 cm³/mol. The maximum Gasteiger partial charge on any atom is 0.253 e. The molecular weight excluding hydrogens is 599 g/mol. The van der Waals surface area contributed by atoms with Gasteiger partial charge < -0.3 is 5.11 Å². The molecule has 10 heteroatoms. The lowest BCUT2D eigenvalue weighted by atomic mass is 9.56.